The molecule has 1 atom stereocenters. The van der Waals surface area contributed by atoms with E-state index in [0.717, 1.165) is 16.9 Å². The molecular formula is C31H32N2O5S. The molecule has 39 heavy (non-hydrogen) atoms. The molecule has 202 valence electrons. The SMILES string of the molecule is CC[C@H](NC(=O)c1ccccc1N(Cc1ccccc1)S(=O)(=O)c1ccc(OC)cc1)c1ccc(OC)cc1. The van der Waals surface area contributed by atoms with Gasteiger partial charge in [0, 0.05) is 0 Å². The van der Waals surface area contributed by atoms with E-state index in [4.69, 9.17) is 9.47 Å². The second-order valence-corrected chi connectivity index (χ2v) is 10.8. The van der Waals surface area contributed by atoms with Crippen molar-refractivity contribution in [3.05, 3.63) is 120 Å². The zero-order chi connectivity index (χ0) is 27.8. The summed E-state index contributed by atoms with van der Waals surface area (Å²) in [5.41, 5.74) is 2.27. The van der Waals surface area contributed by atoms with Crippen LogP contribution in [0, 0.1) is 0 Å². The number of hydrogen-bond acceptors (Lipinski definition) is 5. The Hall–Kier alpha value is -4.30. The number of sulfonamides is 1. The maximum atomic E-state index is 14.0. The van der Waals surface area contributed by atoms with Crippen molar-refractivity contribution in [2.24, 2.45) is 0 Å². The van der Waals surface area contributed by atoms with Crippen molar-refractivity contribution in [3.8, 4) is 11.5 Å². The van der Waals surface area contributed by atoms with E-state index in [0.29, 0.717) is 17.9 Å². The Bertz CT molecular complexity index is 1490. The van der Waals surface area contributed by atoms with Gasteiger partial charge in [0.15, 0.2) is 0 Å². The summed E-state index contributed by atoms with van der Waals surface area (Å²) in [5, 5.41) is 3.08. The largest absolute Gasteiger partial charge is 0.497 e. The number of hydrogen-bond donors (Lipinski definition) is 1. The average Bonchev–Trinajstić information content (AvgIpc) is 2.99. The molecule has 0 saturated heterocycles. The third kappa shape index (κ3) is 6.41. The molecule has 0 aliphatic heterocycles. The van der Waals surface area contributed by atoms with Crippen molar-refractivity contribution < 1.29 is 22.7 Å². The number of amides is 1. The van der Waals surface area contributed by atoms with Crippen molar-refractivity contribution in [3.63, 3.8) is 0 Å². The van der Waals surface area contributed by atoms with E-state index < -0.39 is 10.0 Å². The molecule has 1 N–H and O–H groups in total. The van der Waals surface area contributed by atoms with Crippen molar-refractivity contribution in [2.45, 2.75) is 30.8 Å². The number of benzene rings is 4. The third-order valence-electron chi connectivity index (χ3n) is 6.47. The average molecular weight is 545 g/mol. The summed E-state index contributed by atoms with van der Waals surface area (Å²) in [6.45, 7) is 2.03. The number of anilines is 1. The molecule has 4 aromatic rings. The number of carbonyl (C=O) groups is 1. The van der Waals surface area contributed by atoms with Crippen LogP contribution in [-0.4, -0.2) is 28.5 Å². The molecule has 4 rings (SSSR count). The first-order valence-electron chi connectivity index (χ1n) is 12.6. The number of ether oxygens (including phenoxy) is 2. The van der Waals surface area contributed by atoms with E-state index in [1.165, 1.54) is 23.5 Å². The minimum Gasteiger partial charge on any atom is -0.497 e. The predicted molar refractivity (Wildman–Crippen MR) is 153 cm³/mol. The minimum atomic E-state index is -4.04. The molecule has 0 aromatic heterocycles. The van der Waals surface area contributed by atoms with Crippen LogP contribution in [0.25, 0.3) is 0 Å². The van der Waals surface area contributed by atoms with E-state index in [9.17, 15) is 13.2 Å². The smallest absolute Gasteiger partial charge is 0.264 e. The van der Waals surface area contributed by atoms with Gasteiger partial charge in [-0.15, -0.1) is 0 Å². The molecule has 8 heteroatoms. The monoisotopic (exact) mass is 544 g/mol. The first-order chi connectivity index (χ1) is 18.9. The normalized spacial score (nSPS) is 11.9. The fourth-order valence-corrected chi connectivity index (χ4v) is 5.77. The lowest BCUT2D eigenvalue weighted by Gasteiger charge is -2.27. The highest BCUT2D eigenvalue weighted by Crippen LogP contribution is 2.31. The Morgan fingerprint density at radius 3 is 1.95 bits per heavy atom. The van der Waals surface area contributed by atoms with Gasteiger partial charge in [-0.2, -0.15) is 0 Å². The third-order valence-corrected chi connectivity index (χ3v) is 8.24. The first kappa shape index (κ1) is 27.7. The van der Waals surface area contributed by atoms with E-state index in [2.05, 4.69) is 5.32 Å². The van der Waals surface area contributed by atoms with E-state index >= 15 is 0 Å². The highest BCUT2D eigenvalue weighted by atomic mass is 32.2. The lowest BCUT2D eigenvalue weighted by Crippen LogP contribution is -2.34. The van der Waals surface area contributed by atoms with Crippen molar-refractivity contribution in [1.82, 2.24) is 5.32 Å². The second kappa shape index (κ2) is 12.5. The van der Waals surface area contributed by atoms with Gasteiger partial charge in [0.05, 0.1) is 43.0 Å². The fourth-order valence-electron chi connectivity index (χ4n) is 4.30. The van der Waals surface area contributed by atoms with Gasteiger partial charge in [-0.05, 0) is 66.1 Å². The molecule has 1 amide bonds. The molecule has 0 saturated carbocycles. The summed E-state index contributed by atoms with van der Waals surface area (Å²) in [7, 11) is -0.917. The minimum absolute atomic E-state index is 0.0508. The summed E-state index contributed by atoms with van der Waals surface area (Å²) in [4.78, 5) is 13.8. The van der Waals surface area contributed by atoms with Crippen LogP contribution in [0.3, 0.4) is 0 Å². The van der Waals surface area contributed by atoms with Crippen molar-refractivity contribution in [2.75, 3.05) is 18.5 Å². The van der Waals surface area contributed by atoms with Crippen LogP contribution in [0.15, 0.2) is 108 Å². The van der Waals surface area contributed by atoms with E-state index in [1.54, 1.807) is 43.5 Å². The highest BCUT2D eigenvalue weighted by Gasteiger charge is 2.29. The quantitative estimate of drug-likeness (QED) is 0.251. The van der Waals surface area contributed by atoms with Gasteiger partial charge in [-0.25, -0.2) is 8.42 Å². The maximum absolute atomic E-state index is 14.0. The fraction of sp³-hybridized carbons (Fsp3) is 0.194. The highest BCUT2D eigenvalue weighted by molar-refractivity contribution is 7.92. The molecular weight excluding hydrogens is 512 g/mol. The van der Waals surface area contributed by atoms with Gasteiger partial charge in [0.2, 0.25) is 0 Å². The molecule has 0 aliphatic carbocycles. The Morgan fingerprint density at radius 1 is 0.795 bits per heavy atom. The summed E-state index contributed by atoms with van der Waals surface area (Å²) >= 11 is 0. The Balaban J connectivity index is 1.73. The number of nitrogens with one attached hydrogen (secondary N) is 1. The van der Waals surface area contributed by atoms with Crippen LogP contribution in [0.1, 0.15) is 40.9 Å². The number of rotatable bonds is 11. The summed E-state index contributed by atoms with van der Waals surface area (Å²) in [5.74, 6) is 0.911. The van der Waals surface area contributed by atoms with Crippen LogP contribution in [0.4, 0.5) is 5.69 Å². The number of methoxy groups -OCH3 is 2. The van der Waals surface area contributed by atoms with Crippen LogP contribution in [0.2, 0.25) is 0 Å². The predicted octanol–water partition coefficient (Wildman–Crippen LogP) is 5.98. The van der Waals surface area contributed by atoms with E-state index in [-0.39, 0.29) is 29.0 Å². The van der Waals surface area contributed by atoms with Crippen LogP contribution in [-0.2, 0) is 16.6 Å². The van der Waals surface area contributed by atoms with Crippen LogP contribution < -0.4 is 19.1 Å². The van der Waals surface area contributed by atoms with Crippen LogP contribution >= 0.6 is 0 Å². The number of nitrogens with zero attached hydrogens (tertiary/aromatic N) is 1. The molecule has 0 fully saturated rings. The Morgan fingerprint density at radius 2 is 1.36 bits per heavy atom. The molecule has 0 spiro atoms. The second-order valence-electron chi connectivity index (χ2n) is 8.90. The van der Waals surface area contributed by atoms with Crippen LogP contribution in [0.5, 0.6) is 11.5 Å². The van der Waals surface area contributed by atoms with Gasteiger partial charge in [-0.1, -0.05) is 61.5 Å². The maximum Gasteiger partial charge on any atom is 0.264 e. The Labute approximate surface area is 230 Å². The molecule has 4 aromatic carbocycles. The lowest BCUT2D eigenvalue weighted by atomic mass is 10.0. The summed E-state index contributed by atoms with van der Waals surface area (Å²) in [6, 6.07) is 29.5. The molecule has 0 aliphatic rings. The van der Waals surface area contributed by atoms with Gasteiger partial charge in [-0.3, -0.25) is 9.10 Å². The summed E-state index contributed by atoms with van der Waals surface area (Å²) in [6.07, 6.45) is 0.651. The van der Waals surface area contributed by atoms with Gasteiger partial charge in [0.25, 0.3) is 15.9 Å². The van der Waals surface area contributed by atoms with Crippen molar-refractivity contribution >= 4 is 21.6 Å². The lowest BCUT2D eigenvalue weighted by molar-refractivity contribution is 0.0936. The van der Waals surface area contributed by atoms with Gasteiger partial charge < -0.3 is 14.8 Å². The van der Waals surface area contributed by atoms with Gasteiger partial charge in [0.1, 0.15) is 11.5 Å². The van der Waals surface area contributed by atoms with Gasteiger partial charge >= 0.3 is 0 Å². The topological polar surface area (TPSA) is 84.9 Å². The molecule has 0 unspecified atom stereocenters. The molecule has 0 radical (unpaired) electrons. The van der Waals surface area contributed by atoms with E-state index in [1.807, 2.05) is 61.5 Å². The van der Waals surface area contributed by atoms with Crippen molar-refractivity contribution in [1.29, 1.82) is 0 Å². The number of para-hydroxylation sites is 1. The zero-order valence-electron chi connectivity index (χ0n) is 22.2. The standard InChI is InChI=1S/C31H32N2O5S/c1-4-29(24-14-16-25(37-2)17-15-24)32-31(34)28-12-8-9-13-30(28)33(22-23-10-6-5-7-11-23)39(35,36)27-20-18-26(38-3)19-21-27/h5-21,29H,4,22H2,1-3H3,(H,32,34)/t29-/m0/s1. The number of carbonyl (C=O) groups excluding carboxylic acids is 1. The summed E-state index contributed by atoms with van der Waals surface area (Å²) < 4.78 is 39.8. The first-order valence-corrected chi connectivity index (χ1v) is 14.1. The molecule has 0 heterocycles. The molecule has 7 nitrogen and oxygen atoms in total. The molecule has 0 bridgehead atoms. The zero-order valence-corrected chi connectivity index (χ0v) is 23.0. The Kier molecular flexibility index (Phi) is 8.88.